The topological polar surface area (TPSA) is 78.5 Å². The molecule has 120 valence electrons. The van der Waals surface area contributed by atoms with Crippen molar-refractivity contribution in [2.24, 2.45) is 0 Å². The number of fused-ring (bicyclic) bond motifs is 1. The Morgan fingerprint density at radius 1 is 1.14 bits per heavy atom. The molecule has 1 fully saturated rings. The molecule has 2 aromatic heterocycles. The van der Waals surface area contributed by atoms with E-state index in [0.717, 1.165) is 55.3 Å². The van der Waals surface area contributed by atoms with E-state index in [1.165, 1.54) is 10.4 Å². The number of nitrogen functional groups attached to an aromatic ring is 1. The van der Waals surface area contributed by atoms with Crippen LogP contribution in [0.5, 0.6) is 0 Å². The summed E-state index contributed by atoms with van der Waals surface area (Å²) in [4.78, 5) is 16.1. The van der Waals surface area contributed by atoms with Gasteiger partial charge >= 0.3 is 0 Å². The molecule has 0 unspecified atom stereocenters. The molecule has 2 aromatic rings. The lowest BCUT2D eigenvalue weighted by Gasteiger charge is -2.33. The smallest absolute Gasteiger partial charge is 0.146 e. The van der Waals surface area contributed by atoms with Gasteiger partial charge in [-0.05, 0) is 19.4 Å². The number of rotatable bonds is 4. The van der Waals surface area contributed by atoms with Gasteiger partial charge < -0.3 is 10.8 Å². The highest BCUT2D eigenvalue weighted by molar-refractivity contribution is 7.18. The van der Waals surface area contributed by atoms with Crippen molar-refractivity contribution in [2.75, 3.05) is 45.1 Å². The van der Waals surface area contributed by atoms with Crippen LogP contribution < -0.4 is 5.73 Å². The summed E-state index contributed by atoms with van der Waals surface area (Å²) in [5, 5.41) is 10.0. The van der Waals surface area contributed by atoms with Gasteiger partial charge in [0.1, 0.15) is 16.5 Å². The highest BCUT2D eigenvalue weighted by Crippen LogP contribution is 2.31. The van der Waals surface area contributed by atoms with E-state index in [1.54, 1.807) is 11.3 Å². The van der Waals surface area contributed by atoms with Gasteiger partial charge in [0.25, 0.3) is 0 Å². The van der Waals surface area contributed by atoms with Crippen molar-refractivity contribution >= 4 is 27.4 Å². The van der Waals surface area contributed by atoms with E-state index >= 15 is 0 Å². The van der Waals surface area contributed by atoms with Crippen molar-refractivity contribution in [1.82, 2.24) is 19.8 Å². The third-order valence-corrected chi connectivity index (χ3v) is 5.45. The molecule has 6 nitrogen and oxygen atoms in total. The molecule has 0 spiro atoms. The first-order valence-electron chi connectivity index (χ1n) is 7.66. The second-order valence-corrected chi connectivity index (χ2v) is 7.03. The normalized spacial score (nSPS) is 17.4. The third-order valence-electron chi connectivity index (χ3n) is 4.35. The predicted molar refractivity (Wildman–Crippen MR) is 90.1 cm³/mol. The van der Waals surface area contributed by atoms with E-state index in [0.29, 0.717) is 5.82 Å². The van der Waals surface area contributed by atoms with Crippen LogP contribution >= 0.6 is 11.3 Å². The van der Waals surface area contributed by atoms with Gasteiger partial charge in [-0.3, -0.25) is 9.80 Å². The number of aromatic nitrogens is 2. The zero-order chi connectivity index (χ0) is 15.7. The average Bonchev–Trinajstić information content (AvgIpc) is 2.77. The molecule has 1 aliphatic rings. The second-order valence-electron chi connectivity index (χ2n) is 5.83. The van der Waals surface area contributed by atoms with Gasteiger partial charge in [-0.2, -0.15) is 0 Å². The number of aliphatic hydroxyl groups excluding tert-OH is 1. The Morgan fingerprint density at radius 3 is 2.50 bits per heavy atom. The Kier molecular flexibility index (Phi) is 4.58. The molecule has 0 aliphatic carbocycles. The van der Waals surface area contributed by atoms with Crippen LogP contribution in [0.25, 0.3) is 10.2 Å². The second kappa shape index (κ2) is 6.45. The fraction of sp³-hybridized carbons (Fsp3) is 0.600. The number of β-amino-alcohol motifs (C(OH)–C–C–N with tert-alkyl or cyclic N) is 1. The third kappa shape index (κ3) is 3.08. The number of hydrogen-bond acceptors (Lipinski definition) is 7. The molecule has 1 saturated heterocycles. The minimum Gasteiger partial charge on any atom is -0.395 e. The Hall–Kier alpha value is -1.28. The minimum absolute atomic E-state index is 0.230. The first-order chi connectivity index (χ1) is 10.6. The highest BCUT2D eigenvalue weighted by Gasteiger charge is 2.19. The predicted octanol–water partition coefficient (Wildman–Crippen LogP) is 1.00. The van der Waals surface area contributed by atoms with Crippen molar-refractivity contribution in [3.8, 4) is 0 Å². The van der Waals surface area contributed by atoms with E-state index in [2.05, 4.69) is 28.6 Å². The molecular weight excluding hydrogens is 298 g/mol. The molecule has 3 N–H and O–H groups in total. The molecule has 0 aromatic carbocycles. The number of aliphatic hydroxyl groups is 1. The van der Waals surface area contributed by atoms with Crippen molar-refractivity contribution in [3.05, 3.63) is 16.3 Å². The maximum absolute atomic E-state index is 8.99. The van der Waals surface area contributed by atoms with Crippen LogP contribution in [0, 0.1) is 13.8 Å². The SMILES string of the molecule is Cc1sc2nc(CN3CCN(CCO)CC3)nc(N)c2c1C. The van der Waals surface area contributed by atoms with Crippen LogP contribution in [0.3, 0.4) is 0 Å². The van der Waals surface area contributed by atoms with E-state index in [-0.39, 0.29) is 6.61 Å². The fourth-order valence-corrected chi connectivity index (χ4v) is 3.97. The van der Waals surface area contributed by atoms with E-state index in [1.807, 2.05) is 0 Å². The molecule has 0 saturated carbocycles. The molecule has 0 amide bonds. The molecular formula is C15H23N5OS. The average molecular weight is 321 g/mol. The summed E-state index contributed by atoms with van der Waals surface area (Å²) in [5.74, 6) is 1.41. The Morgan fingerprint density at radius 2 is 1.82 bits per heavy atom. The molecule has 7 heteroatoms. The zero-order valence-electron chi connectivity index (χ0n) is 13.2. The lowest BCUT2D eigenvalue weighted by atomic mass is 10.2. The van der Waals surface area contributed by atoms with Crippen LogP contribution in [-0.2, 0) is 6.54 Å². The summed E-state index contributed by atoms with van der Waals surface area (Å²) in [7, 11) is 0. The van der Waals surface area contributed by atoms with Crippen molar-refractivity contribution in [2.45, 2.75) is 20.4 Å². The van der Waals surface area contributed by atoms with Crippen LogP contribution in [-0.4, -0.2) is 64.2 Å². The summed E-state index contributed by atoms with van der Waals surface area (Å²) >= 11 is 1.69. The van der Waals surface area contributed by atoms with Crippen LogP contribution in [0.1, 0.15) is 16.3 Å². The number of nitrogens with two attached hydrogens (primary N) is 1. The number of anilines is 1. The number of thiophene rings is 1. The highest BCUT2D eigenvalue weighted by atomic mass is 32.1. The van der Waals surface area contributed by atoms with Crippen molar-refractivity contribution in [1.29, 1.82) is 0 Å². The van der Waals surface area contributed by atoms with Gasteiger partial charge in [0.15, 0.2) is 0 Å². The maximum atomic E-state index is 8.99. The fourth-order valence-electron chi connectivity index (χ4n) is 2.91. The lowest BCUT2D eigenvalue weighted by Crippen LogP contribution is -2.46. The van der Waals surface area contributed by atoms with E-state index in [4.69, 9.17) is 15.8 Å². The van der Waals surface area contributed by atoms with Gasteiger partial charge in [-0.1, -0.05) is 0 Å². The maximum Gasteiger partial charge on any atom is 0.146 e. The summed E-state index contributed by atoms with van der Waals surface area (Å²) in [6.07, 6.45) is 0. The van der Waals surface area contributed by atoms with Gasteiger partial charge in [-0.25, -0.2) is 9.97 Å². The van der Waals surface area contributed by atoms with Crippen LogP contribution in [0.2, 0.25) is 0 Å². The molecule has 0 bridgehead atoms. The molecule has 3 rings (SSSR count). The Balaban J connectivity index is 1.72. The number of nitrogens with zero attached hydrogens (tertiary/aromatic N) is 4. The van der Waals surface area contributed by atoms with Gasteiger partial charge in [0.2, 0.25) is 0 Å². The first-order valence-corrected chi connectivity index (χ1v) is 8.47. The quantitative estimate of drug-likeness (QED) is 0.875. The van der Waals surface area contributed by atoms with E-state index < -0.39 is 0 Å². The molecule has 0 atom stereocenters. The lowest BCUT2D eigenvalue weighted by molar-refractivity contribution is 0.107. The number of hydrogen-bond donors (Lipinski definition) is 2. The minimum atomic E-state index is 0.230. The Bertz CT molecular complexity index is 663. The molecule has 1 aliphatic heterocycles. The van der Waals surface area contributed by atoms with Gasteiger partial charge in [0.05, 0.1) is 18.5 Å². The largest absolute Gasteiger partial charge is 0.395 e. The van der Waals surface area contributed by atoms with Crippen molar-refractivity contribution < 1.29 is 5.11 Å². The van der Waals surface area contributed by atoms with E-state index in [9.17, 15) is 0 Å². The standard InChI is InChI=1S/C15H23N5OS/c1-10-11(2)22-15-13(10)14(16)17-12(18-15)9-20-5-3-19(4-6-20)7-8-21/h21H,3-9H2,1-2H3,(H2,16,17,18). The number of aryl methyl sites for hydroxylation is 2. The molecule has 22 heavy (non-hydrogen) atoms. The van der Waals surface area contributed by atoms with Gasteiger partial charge in [-0.15, -0.1) is 11.3 Å². The monoisotopic (exact) mass is 321 g/mol. The summed E-state index contributed by atoms with van der Waals surface area (Å²) in [6, 6.07) is 0. The first kappa shape index (κ1) is 15.6. The van der Waals surface area contributed by atoms with Gasteiger partial charge in [0, 0.05) is 37.6 Å². The molecule has 3 heterocycles. The summed E-state index contributed by atoms with van der Waals surface area (Å²) < 4.78 is 0. The van der Waals surface area contributed by atoms with Crippen LogP contribution in [0.15, 0.2) is 0 Å². The Labute approximate surface area is 134 Å². The molecule has 0 radical (unpaired) electrons. The zero-order valence-corrected chi connectivity index (χ0v) is 14.0. The number of piperazine rings is 1. The summed E-state index contributed by atoms with van der Waals surface area (Å²) in [6.45, 7) is 9.82. The van der Waals surface area contributed by atoms with Crippen molar-refractivity contribution in [3.63, 3.8) is 0 Å². The van der Waals surface area contributed by atoms with Crippen LogP contribution in [0.4, 0.5) is 5.82 Å². The summed E-state index contributed by atoms with van der Waals surface area (Å²) in [5.41, 5.74) is 7.33.